The highest BCUT2D eigenvalue weighted by Gasteiger charge is 2.22. The fourth-order valence-electron chi connectivity index (χ4n) is 1.81. The molecule has 0 amide bonds. The number of benzene rings is 2. The van der Waals surface area contributed by atoms with Gasteiger partial charge in [0.2, 0.25) is 10.0 Å². The van der Waals surface area contributed by atoms with Gasteiger partial charge in [0.15, 0.2) is 0 Å². The van der Waals surface area contributed by atoms with E-state index in [1.807, 2.05) is 0 Å². The van der Waals surface area contributed by atoms with Gasteiger partial charge in [0.05, 0.1) is 9.37 Å². The van der Waals surface area contributed by atoms with Crippen molar-refractivity contribution in [3.63, 3.8) is 0 Å². The second-order valence-electron chi connectivity index (χ2n) is 4.51. The molecule has 0 aromatic heterocycles. The molecule has 112 valence electrons. The number of nitrogens with zero attached hydrogens (tertiary/aromatic N) is 1. The molecule has 0 saturated carbocycles. The Morgan fingerprint density at radius 1 is 1.24 bits per heavy atom. The Hall–Kier alpha value is -1.44. The fourth-order valence-corrected chi connectivity index (χ4v) is 3.23. The number of halogens is 2. The first-order valence-electron chi connectivity index (χ1n) is 6.00. The maximum Gasteiger partial charge on any atom is 0.243 e. The maximum absolute atomic E-state index is 13.5. The number of hydrogen-bond donors (Lipinski definition) is 1. The number of sulfonamides is 1. The van der Waals surface area contributed by atoms with E-state index in [4.69, 9.17) is 0 Å². The summed E-state index contributed by atoms with van der Waals surface area (Å²) >= 11 is 2.98. The minimum atomic E-state index is -3.80. The average Bonchev–Trinajstić information content (AvgIpc) is 2.41. The molecule has 0 aliphatic heterocycles. The van der Waals surface area contributed by atoms with E-state index in [0.717, 1.165) is 10.4 Å². The summed E-state index contributed by atoms with van der Waals surface area (Å²) in [6, 6.07) is 9.97. The van der Waals surface area contributed by atoms with Crippen molar-refractivity contribution in [2.75, 3.05) is 7.05 Å². The first-order valence-corrected chi connectivity index (χ1v) is 8.23. The Labute approximate surface area is 131 Å². The fraction of sp³-hybridized carbons (Fsp3) is 0.143. The van der Waals surface area contributed by atoms with E-state index < -0.39 is 15.8 Å². The molecule has 2 aromatic carbocycles. The van der Waals surface area contributed by atoms with Crippen molar-refractivity contribution in [2.24, 2.45) is 0 Å². The topological polar surface area (TPSA) is 57.6 Å². The van der Waals surface area contributed by atoms with Gasteiger partial charge < -0.3 is 5.11 Å². The predicted molar refractivity (Wildman–Crippen MR) is 80.9 cm³/mol. The highest BCUT2D eigenvalue weighted by molar-refractivity contribution is 9.10. The van der Waals surface area contributed by atoms with E-state index in [2.05, 4.69) is 15.9 Å². The molecule has 0 spiro atoms. The minimum absolute atomic E-state index is 0.0629. The summed E-state index contributed by atoms with van der Waals surface area (Å²) in [5.74, 6) is -0.574. The third-order valence-corrected chi connectivity index (χ3v) is 5.36. The lowest BCUT2D eigenvalue weighted by atomic mass is 10.2. The van der Waals surface area contributed by atoms with Gasteiger partial charge in [-0.05, 0) is 51.8 Å². The number of phenolic OH excluding ortho intramolecular Hbond substituents is 1. The van der Waals surface area contributed by atoms with Crippen LogP contribution in [0.15, 0.2) is 51.8 Å². The largest absolute Gasteiger partial charge is 0.508 e. The van der Waals surface area contributed by atoms with Crippen molar-refractivity contribution in [2.45, 2.75) is 11.4 Å². The van der Waals surface area contributed by atoms with Gasteiger partial charge in [-0.25, -0.2) is 12.8 Å². The normalized spacial score (nSPS) is 11.8. The summed E-state index contributed by atoms with van der Waals surface area (Å²) in [6.07, 6.45) is 0. The molecule has 2 rings (SSSR count). The van der Waals surface area contributed by atoms with Crippen LogP contribution in [0.2, 0.25) is 0 Å². The molecule has 0 radical (unpaired) electrons. The highest BCUT2D eigenvalue weighted by Crippen LogP contribution is 2.23. The van der Waals surface area contributed by atoms with Crippen LogP contribution in [0, 0.1) is 5.82 Å². The van der Waals surface area contributed by atoms with E-state index in [1.54, 1.807) is 12.1 Å². The van der Waals surface area contributed by atoms with Crippen molar-refractivity contribution >= 4 is 26.0 Å². The van der Waals surface area contributed by atoms with Crippen LogP contribution >= 0.6 is 15.9 Å². The second kappa shape index (κ2) is 6.13. The lowest BCUT2D eigenvalue weighted by Gasteiger charge is -2.17. The van der Waals surface area contributed by atoms with Crippen molar-refractivity contribution in [1.29, 1.82) is 0 Å². The molecule has 4 nitrogen and oxygen atoms in total. The first kappa shape index (κ1) is 15.9. The maximum atomic E-state index is 13.5. The predicted octanol–water partition coefficient (Wildman–Crippen LogP) is 3.11. The van der Waals surface area contributed by atoms with Gasteiger partial charge in [-0.2, -0.15) is 4.31 Å². The number of phenols is 1. The molecule has 0 aliphatic carbocycles. The van der Waals surface area contributed by atoms with Gasteiger partial charge in [0.1, 0.15) is 11.6 Å². The van der Waals surface area contributed by atoms with Gasteiger partial charge in [-0.1, -0.05) is 12.1 Å². The zero-order chi connectivity index (χ0) is 15.6. The summed E-state index contributed by atoms with van der Waals surface area (Å²) in [4.78, 5) is -0.120. The Balaban J connectivity index is 2.28. The lowest BCUT2D eigenvalue weighted by molar-refractivity contribution is 0.457. The second-order valence-corrected chi connectivity index (χ2v) is 7.41. The molecule has 0 unspecified atom stereocenters. The third kappa shape index (κ3) is 3.61. The molecule has 0 fully saturated rings. The van der Waals surface area contributed by atoms with Crippen molar-refractivity contribution < 1.29 is 17.9 Å². The smallest absolute Gasteiger partial charge is 0.243 e. The van der Waals surface area contributed by atoms with E-state index in [1.165, 1.54) is 31.3 Å². The quantitative estimate of drug-likeness (QED) is 0.895. The lowest BCUT2D eigenvalue weighted by Crippen LogP contribution is -2.26. The SMILES string of the molecule is CN(Cc1cccc(O)c1)S(=O)(=O)c1ccc(Br)c(F)c1. The number of aromatic hydroxyl groups is 1. The zero-order valence-corrected chi connectivity index (χ0v) is 13.5. The van der Waals surface area contributed by atoms with Crippen LogP contribution < -0.4 is 0 Å². The molecule has 2 aromatic rings. The summed E-state index contributed by atoms with van der Waals surface area (Å²) in [6.45, 7) is 0.0778. The van der Waals surface area contributed by atoms with Crippen LogP contribution in [0.3, 0.4) is 0 Å². The summed E-state index contributed by atoms with van der Waals surface area (Å²) in [7, 11) is -2.40. The molecule has 1 N–H and O–H groups in total. The highest BCUT2D eigenvalue weighted by atomic mass is 79.9. The van der Waals surface area contributed by atoms with Gasteiger partial charge in [-0.3, -0.25) is 0 Å². The standard InChI is InChI=1S/C14H13BrFNO3S/c1-17(9-10-3-2-4-11(18)7-10)21(19,20)12-5-6-13(15)14(16)8-12/h2-8,18H,9H2,1H3. The Morgan fingerprint density at radius 2 is 1.95 bits per heavy atom. The van der Waals surface area contributed by atoms with Crippen molar-refractivity contribution in [1.82, 2.24) is 4.31 Å². The van der Waals surface area contributed by atoms with Crippen LogP contribution in [0.1, 0.15) is 5.56 Å². The van der Waals surface area contributed by atoms with Crippen LogP contribution in [0.25, 0.3) is 0 Å². The van der Waals surface area contributed by atoms with Gasteiger partial charge in [0, 0.05) is 13.6 Å². The molecule has 7 heteroatoms. The molecule has 0 heterocycles. The summed E-state index contributed by atoms with van der Waals surface area (Å²) in [5.41, 5.74) is 0.638. The molecule has 0 aliphatic rings. The van der Waals surface area contributed by atoms with Crippen molar-refractivity contribution in [3.8, 4) is 5.75 Å². The molecular formula is C14H13BrFNO3S. The van der Waals surface area contributed by atoms with Gasteiger partial charge >= 0.3 is 0 Å². The van der Waals surface area contributed by atoms with Crippen LogP contribution in [0.4, 0.5) is 4.39 Å². The van der Waals surface area contributed by atoms with Gasteiger partial charge in [-0.15, -0.1) is 0 Å². The Kier molecular flexibility index (Phi) is 4.65. The first-order chi connectivity index (χ1) is 9.80. The van der Waals surface area contributed by atoms with Crippen LogP contribution in [0.5, 0.6) is 5.75 Å². The van der Waals surface area contributed by atoms with E-state index in [-0.39, 0.29) is 21.7 Å². The molecule has 21 heavy (non-hydrogen) atoms. The Morgan fingerprint density at radius 3 is 2.57 bits per heavy atom. The molecular weight excluding hydrogens is 361 g/mol. The number of rotatable bonds is 4. The van der Waals surface area contributed by atoms with E-state index in [0.29, 0.717) is 5.56 Å². The van der Waals surface area contributed by atoms with Crippen molar-refractivity contribution in [3.05, 3.63) is 58.3 Å². The summed E-state index contributed by atoms with van der Waals surface area (Å²) in [5, 5.41) is 9.39. The molecule has 0 saturated heterocycles. The number of hydrogen-bond acceptors (Lipinski definition) is 3. The van der Waals surface area contributed by atoms with Gasteiger partial charge in [0.25, 0.3) is 0 Å². The van der Waals surface area contributed by atoms with E-state index in [9.17, 15) is 17.9 Å². The monoisotopic (exact) mass is 373 g/mol. The molecule has 0 bridgehead atoms. The molecule has 0 atom stereocenters. The summed E-state index contributed by atoms with van der Waals surface area (Å²) < 4.78 is 39.5. The Bertz CT molecular complexity index is 765. The van der Waals surface area contributed by atoms with Crippen LogP contribution in [-0.4, -0.2) is 24.9 Å². The van der Waals surface area contributed by atoms with Crippen LogP contribution in [-0.2, 0) is 16.6 Å². The minimum Gasteiger partial charge on any atom is -0.508 e. The average molecular weight is 374 g/mol. The third-order valence-electron chi connectivity index (χ3n) is 2.92. The van der Waals surface area contributed by atoms with E-state index >= 15 is 0 Å². The zero-order valence-electron chi connectivity index (χ0n) is 11.1.